The number of rotatable bonds is 7. The van der Waals surface area contributed by atoms with Gasteiger partial charge in [0.15, 0.2) is 11.5 Å². The van der Waals surface area contributed by atoms with Gasteiger partial charge in [-0.25, -0.2) is 4.39 Å². The van der Waals surface area contributed by atoms with Crippen LogP contribution in [0.25, 0.3) is 11.0 Å². The van der Waals surface area contributed by atoms with Gasteiger partial charge < -0.3 is 19.2 Å². The Labute approximate surface area is 199 Å². The van der Waals surface area contributed by atoms with Crippen LogP contribution >= 0.6 is 0 Å². The summed E-state index contributed by atoms with van der Waals surface area (Å²) in [4.78, 5) is 14.9. The fourth-order valence-corrected chi connectivity index (χ4v) is 4.02. The highest BCUT2D eigenvalue weighted by atomic mass is 32.2. The molecule has 0 saturated heterocycles. The summed E-state index contributed by atoms with van der Waals surface area (Å²) in [5.74, 6) is -0.823. The molecule has 1 aromatic heterocycles. The highest BCUT2D eigenvalue weighted by Gasteiger charge is 2.19. The van der Waals surface area contributed by atoms with E-state index in [1.807, 2.05) is 0 Å². The third-order valence-corrected chi connectivity index (χ3v) is 6.16. The van der Waals surface area contributed by atoms with E-state index in [0.29, 0.717) is 16.7 Å². The minimum absolute atomic E-state index is 0.0532. The monoisotopic (exact) mass is 497 g/mol. The standard InChI is InChI=1S/C24H20FN3O6S/c1-32-21-12-11-16(14-22(21)33-2)35(30,31)28-27-24-17(13-15-7-3-6-10-20(15)34-24)23(29)26-19-9-5-4-8-18(19)25/h3-14,28H,1-2H3,(H,26,29)/b27-24-. The first kappa shape index (κ1) is 23.8. The molecule has 0 radical (unpaired) electrons. The molecule has 4 rings (SSSR count). The van der Waals surface area contributed by atoms with Gasteiger partial charge in [0, 0.05) is 11.5 Å². The van der Waals surface area contributed by atoms with Crippen molar-refractivity contribution in [3.63, 3.8) is 0 Å². The van der Waals surface area contributed by atoms with Gasteiger partial charge in [0.1, 0.15) is 17.0 Å². The number of sulfonamides is 1. The largest absolute Gasteiger partial charge is 0.493 e. The highest BCUT2D eigenvalue weighted by molar-refractivity contribution is 7.89. The maximum absolute atomic E-state index is 14.1. The number of hydrogen-bond donors (Lipinski definition) is 2. The van der Waals surface area contributed by atoms with E-state index >= 15 is 0 Å². The number of hydrogen-bond acceptors (Lipinski definition) is 7. The van der Waals surface area contributed by atoms with Crippen molar-refractivity contribution in [3.8, 4) is 11.5 Å². The van der Waals surface area contributed by atoms with Crippen molar-refractivity contribution in [2.24, 2.45) is 5.10 Å². The van der Waals surface area contributed by atoms with Crippen LogP contribution < -0.4 is 25.2 Å². The van der Waals surface area contributed by atoms with E-state index in [4.69, 9.17) is 13.9 Å². The second-order valence-electron chi connectivity index (χ2n) is 7.16. The molecule has 3 aromatic carbocycles. The zero-order chi connectivity index (χ0) is 25.0. The third-order valence-electron chi connectivity index (χ3n) is 4.96. The molecule has 35 heavy (non-hydrogen) atoms. The molecular formula is C24H20FN3O6S. The summed E-state index contributed by atoms with van der Waals surface area (Å²) >= 11 is 0. The number of methoxy groups -OCH3 is 2. The molecule has 0 unspecified atom stereocenters. The maximum Gasteiger partial charge on any atom is 0.276 e. The molecule has 0 fully saturated rings. The first-order chi connectivity index (χ1) is 16.8. The number of nitrogens with one attached hydrogen (secondary N) is 2. The molecule has 0 bridgehead atoms. The van der Waals surface area contributed by atoms with E-state index in [1.165, 1.54) is 56.7 Å². The zero-order valence-electron chi connectivity index (χ0n) is 18.6. The van der Waals surface area contributed by atoms with Crippen LogP contribution in [0.3, 0.4) is 0 Å². The van der Waals surface area contributed by atoms with Gasteiger partial charge in [-0.3, -0.25) is 4.79 Å². The summed E-state index contributed by atoms with van der Waals surface area (Å²) in [6, 6.07) is 17.9. The van der Waals surface area contributed by atoms with Gasteiger partial charge in [-0.05, 0) is 36.4 Å². The molecule has 1 heterocycles. The number of halogens is 1. The predicted molar refractivity (Wildman–Crippen MR) is 126 cm³/mol. The van der Waals surface area contributed by atoms with Crippen molar-refractivity contribution in [1.82, 2.24) is 4.83 Å². The number of carbonyl (C=O) groups is 1. The van der Waals surface area contributed by atoms with Crippen molar-refractivity contribution < 1.29 is 31.5 Å². The predicted octanol–water partition coefficient (Wildman–Crippen LogP) is 3.64. The quantitative estimate of drug-likeness (QED) is 0.377. The van der Waals surface area contributed by atoms with E-state index in [1.54, 1.807) is 30.3 Å². The van der Waals surface area contributed by atoms with E-state index < -0.39 is 21.7 Å². The van der Waals surface area contributed by atoms with Crippen LogP contribution in [-0.4, -0.2) is 28.5 Å². The number of benzene rings is 3. The Kier molecular flexibility index (Phi) is 6.69. The molecule has 0 aliphatic heterocycles. The second-order valence-corrected chi connectivity index (χ2v) is 8.82. The van der Waals surface area contributed by atoms with Crippen LogP contribution in [0.15, 0.2) is 87.2 Å². The van der Waals surface area contributed by atoms with E-state index in [9.17, 15) is 17.6 Å². The normalized spacial score (nSPS) is 11.8. The summed E-state index contributed by atoms with van der Waals surface area (Å²) in [5.41, 5.74) is -0.120. The second kappa shape index (κ2) is 9.85. The zero-order valence-corrected chi connectivity index (χ0v) is 19.4. The summed E-state index contributed by atoms with van der Waals surface area (Å²) in [6.45, 7) is 0. The van der Waals surface area contributed by atoms with Crippen molar-refractivity contribution >= 4 is 32.6 Å². The molecule has 9 nitrogen and oxygen atoms in total. The number of carbonyl (C=O) groups excluding carboxylic acids is 1. The number of amides is 1. The lowest BCUT2D eigenvalue weighted by molar-refractivity contribution is 0.102. The number of para-hydroxylation sites is 2. The maximum atomic E-state index is 14.1. The van der Waals surface area contributed by atoms with Gasteiger partial charge in [0.05, 0.1) is 24.8 Å². The van der Waals surface area contributed by atoms with Gasteiger partial charge in [0.25, 0.3) is 15.9 Å². The Morgan fingerprint density at radius 3 is 2.40 bits per heavy atom. The summed E-state index contributed by atoms with van der Waals surface area (Å²) < 4.78 is 55.8. The molecule has 0 atom stereocenters. The van der Waals surface area contributed by atoms with Gasteiger partial charge >= 0.3 is 0 Å². The van der Waals surface area contributed by atoms with Gasteiger partial charge in [-0.15, -0.1) is 5.10 Å². The third kappa shape index (κ3) is 5.09. The molecule has 1 amide bonds. The fraction of sp³-hybridized carbons (Fsp3) is 0.0833. The van der Waals surface area contributed by atoms with Gasteiger partial charge in [-0.1, -0.05) is 30.3 Å². The molecule has 0 aliphatic carbocycles. The Morgan fingerprint density at radius 2 is 1.66 bits per heavy atom. The number of nitrogens with zero attached hydrogens (tertiary/aromatic N) is 1. The Morgan fingerprint density at radius 1 is 0.943 bits per heavy atom. The number of fused-ring (bicyclic) bond motifs is 1. The van der Waals surface area contributed by atoms with Crippen molar-refractivity contribution in [2.45, 2.75) is 4.90 Å². The molecule has 2 N–H and O–H groups in total. The molecule has 11 heteroatoms. The van der Waals surface area contributed by atoms with Crippen LogP contribution in [0.2, 0.25) is 0 Å². The minimum Gasteiger partial charge on any atom is -0.493 e. The molecule has 0 aliphatic rings. The number of anilines is 1. The van der Waals surface area contributed by atoms with Crippen LogP contribution in [0, 0.1) is 5.82 Å². The Bertz CT molecular complexity index is 1580. The Hall–Kier alpha value is -4.38. The first-order valence-electron chi connectivity index (χ1n) is 10.2. The molecule has 4 aromatic rings. The topological polar surface area (TPSA) is 119 Å². The fourth-order valence-electron chi connectivity index (χ4n) is 3.20. The molecule has 0 spiro atoms. The van der Waals surface area contributed by atoms with E-state index in [-0.39, 0.29) is 27.4 Å². The Balaban J connectivity index is 1.75. The van der Waals surface area contributed by atoms with Crippen LogP contribution in [-0.2, 0) is 10.0 Å². The van der Waals surface area contributed by atoms with Crippen LogP contribution in [0.1, 0.15) is 10.4 Å². The molecule has 0 saturated carbocycles. The number of ether oxygens (including phenoxy) is 2. The highest BCUT2D eigenvalue weighted by Crippen LogP contribution is 2.29. The molecule has 180 valence electrons. The van der Waals surface area contributed by atoms with Gasteiger partial charge in [-0.2, -0.15) is 13.2 Å². The van der Waals surface area contributed by atoms with E-state index in [0.717, 1.165) is 0 Å². The SMILES string of the molecule is COc1ccc(S(=O)(=O)N/N=c2\oc3ccccc3cc2C(=O)Nc2ccccc2F)cc1OC. The van der Waals surface area contributed by atoms with Crippen molar-refractivity contribution in [1.29, 1.82) is 0 Å². The summed E-state index contributed by atoms with van der Waals surface area (Å²) in [5, 5.41) is 6.87. The average Bonchev–Trinajstić information content (AvgIpc) is 2.87. The van der Waals surface area contributed by atoms with Crippen LogP contribution in [0.5, 0.6) is 11.5 Å². The summed E-state index contributed by atoms with van der Waals surface area (Å²) in [7, 11) is -1.38. The van der Waals surface area contributed by atoms with E-state index in [2.05, 4.69) is 15.2 Å². The van der Waals surface area contributed by atoms with Crippen LogP contribution in [0.4, 0.5) is 10.1 Å². The summed E-state index contributed by atoms with van der Waals surface area (Å²) in [6.07, 6.45) is 0. The minimum atomic E-state index is -4.18. The van der Waals surface area contributed by atoms with Crippen molar-refractivity contribution in [3.05, 3.63) is 89.7 Å². The van der Waals surface area contributed by atoms with Gasteiger partial charge in [0.2, 0.25) is 5.55 Å². The molecular weight excluding hydrogens is 477 g/mol. The smallest absolute Gasteiger partial charge is 0.276 e. The lowest BCUT2D eigenvalue weighted by Gasteiger charge is -2.10. The average molecular weight is 498 g/mol. The lowest BCUT2D eigenvalue weighted by Crippen LogP contribution is -2.27. The lowest BCUT2D eigenvalue weighted by atomic mass is 10.1. The van der Waals surface area contributed by atoms with Crippen molar-refractivity contribution in [2.75, 3.05) is 19.5 Å². The first-order valence-corrected chi connectivity index (χ1v) is 11.7.